The van der Waals surface area contributed by atoms with Crippen molar-refractivity contribution in [1.82, 2.24) is 0 Å². The van der Waals surface area contributed by atoms with Crippen molar-refractivity contribution in [3.8, 4) is 0 Å². The maximum Gasteiger partial charge on any atom is 0.416 e. The Balaban J connectivity index is 2.17. The first-order valence-electron chi connectivity index (χ1n) is 5.71. The Morgan fingerprint density at radius 1 is 1.00 bits per heavy atom. The van der Waals surface area contributed by atoms with E-state index in [1.807, 2.05) is 0 Å². The summed E-state index contributed by atoms with van der Waals surface area (Å²) in [6, 6.07) is 8.38. The number of rotatable bonds is 2. The monoisotopic (exact) mass is 333 g/mol. The molecule has 1 N–H and O–H groups in total. The Morgan fingerprint density at radius 3 is 2.14 bits per heavy atom. The zero-order valence-corrected chi connectivity index (χ0v) is 11.9. The quantitative estimate of drug-likeness (QED) is 0.797. The lowest BCUT2D eigenvalue weighted by Gasteiger charge is -2.09. The van der Waals surface area contributed by atoms with Crippen LogP contribution in [0.4, 0.5) is 18.9 Å². The molecule has 2 nitrogen and oxygen atoms in total. The molecule has 0 aliphatic rings. The predicted octanol–water partition coefficient (Wildman–Crippen LogP) is 5.26. The maximum atomic E-state index is 12.4. The number of hydrogen-bond donors (Lipinski definition) is 1. The smallest absolute Gasteiger partial charge is 0.321 e. The maximum absolute atomic E-state index is 12.4. The number of amides is 1. The number of benzene rings is 2. The van der Waals surface area contributed by atoms with Gasteiger partial charge in [0.05, 0.1) is 16.3 Å². The molecule has 0 saturated heterocycles. The second-order valence-corrected chi connectivity index (χ2v) is 5.00. The zero-order valence-electron chi connectivity index (χ0n) is 10.3. The summed E-state index contributed by atoms with van der Waals surface area (Å²) in [6.07, 6.45) is -4.44. The molecule has 2 rings (SSSR count). The van der Waals surface area contributed by atoms with E-state index >= 15 is 0 Å². The van der Waals surface area contributed by atoms with Gasteiger partial charge in [-0.1, -0.05) is 23.2 Å². The summed E-state index contributed by atoms with van der Waals surface area (Å²) in [4.78, 5) is 11.9. The third kappa shape index (κ3) is 3.89. The van der Waals surface area contributed by atoms with Gasteiger partial charge in [-0.05, 0) is 42.5 Å². The van der Waals surface area contributed by atoms with Crippen LogP contribution in [0.3, 0.4) is 0 Å². The number of alkyl halides is 3. The normalized spacial score (nSPS) is 11.3. The molecule has 0 unspecified atom stereocenters. The second kappa shape index (κ2) is 5.95. The van der Waals surface area contributed by atoms with Crippen LogP contribution in [0.15, 0.2) is 42.5 Å². The first kappa shape index (κ1) is 15.7. The highest BCUT2D eigenvalue weighted by Crippen LogP contribution is 2.29. The molecule has 0 bridgehead atoms. The lowest BCUT2D eigenvalue weighted by molar-refractivity contribution is -0.137. The topological polar surface area (TPSA) is 29.1 Å². The molecule has 0 aliphatic carbocycles. The van der Waals surface area contributed by atoms with Crippen molar-refractivity contribution in [1.29, 1.82) is 0 Å². The van der Waals surface area contributed by atoms with Gasteiger partial charge in [0, 0.05) is 10.6 Å². The number of halogens is 5. The molecule has 2 aromatic rings. The zero-order chi connectivity index (χ0) is 15.6. The minimum absolute atomic E-state index is 0.0917. The predicted molar refractivity (Wildman–Crippen MR) is 75.9 cm³/mol. The van der Waals surface area contributed by atoms with Crippen LogP contribution in [0.1, 0.15) is 15.9 Å². The molecule has 0 saturated carbocycles. The van der Waals surface area contributed by atoms with E-state index < -0.39 is 17.6 Å². The van der Waals surface area contributed by atoms with Crippen molar-refractivity contribution in [2.45, 2.75) is 6.18 Å². The van der Waals surface area contributed by atoms with Gasteiger partial charge < -0.3 is 5.32 Å². The van der Waals surface area contributed by atoms with Crippen molar-refractivity contribution < 1.29 is 18.0 Å². The molecule has 0 fully saturated rings. The van der Waals surface area contributed by atoms with Gasteiger partial charge in [-0.3, -0.25) is 4.79 Å². The van der Waals surface area contributed by atoms with E-state index in [4.69, 9.17) is 23.2 Å². The third-order valence-electron chi connectivity index (χ3n) is 2.65. The Morgan fingerprint density at radius 2 is 1.62 bits per heavy atom. The Labute approximate surface area is 128 Å². The van der Waals surface area contributed by atoms with E-state index in [1.165, 1.54) is 18.2 Å². The minimum atomic E-state index is -4.44. The number of nitrogens with one attached hydrogen (secondary N) is 1. The van der Waals surface area contributed by atoms with Crippen molar-refractivity contribution in [2.75, 3.05) is 5.32 Å². The Hall–Kier alpha value is -1.72. The van der Waals surface area contributed by atoms with Crippen molar-refractivity contribution >= 4 is 34.8 Å². The van der Waals surface area contributed by atoms with Crippen molar-refractivity contribution in [3.05, 3.63) is 63.6 Å². The second-order valence-electron chi connectivity index (χ2n) is 4.15. The van der Waals surface area contributed by atoms with Gasteiger partial charge in [-0.15, -0.1) is 0 Å². The van der Waals surface area contributed by atoms with Crippen LogP contribution in [0, 0.1) is 0 Å². The molecule has 0 atom stereocenters. The number of carbonyl (C=O) groups excluding carboxylic acids is 1. The molecule has 0 radical (unpaired) electrons. The summed E-state index contributed by atoms with van der Waals surface area (Å²) in [6.45, 7) is 0. The third-order valence-corrected chi connectivity index (χ3v) is 3.20. The molecule has 1 amide bonds. The van der Waals surface area contributed by atoms with E-state index in [9.17, 15) is 18.0 Å². The molecule has 21 heavy (non-hydrogen) atoms. The largest absolute Gasteiger partial charge is 0.416 e. The van der Waals surface area contributed by atoms with Gasteiger partial charge in [0.2, 0.25) is 0 Å². The Kier molecular flexibility index (Phi) is 4.44. The standard InChI is InChI=1S/C14H8Cl2F3NO/c15-10-5-6-12(11(16)7-10)20-13(21)8-1-3-9(4-2-8)14(17,18)19/h1-7H,(H,20,21). The van der Waals surface area contributed by atoms with Gasteiger partial charge in [0.15, 0.2) is 0 Å². The molecular weight excluding hydrogens is 326 g/mol. The summed E-state index contributed by atoms with van der Waals surface area (Å²) in [5.41, 5.74) is -0.399. The fraction of sp³-hybridized carbons (Fsp3) is 0.0714. The first-order valence-corrected chi connectivity index (χ1v) is 6.46. The average Bonchev–Trinajstić information content (AvgIpc) is 2.41. The lowest BCUT2D eigenvalue weighted by atomic mass is 10.1. The molecule has 0 aromatic heterocycles. The van der Waals surface area contributed by atoms with Gasteiger partial charge in [-0.2, -0.15) is 13.2 Å². The lowest BCUT2D eigenvalue weighted by Crippen LogP contribution is -2.13. The molecule has 0 spiro atoms. The van der Waals surface area contributed by atoms with E-state index in [0.29, 0.717) is 10.7 Å². The SMILES string of the molecule is O=C(Nc1ccc(Cl)cc1Cl)c1ccc(C(F)(F)F)cc1. The summed E-state index contributed by atoms with van der Waals surface area (Å²) >= 11 is 11.6. The molecular formula is C14H8Cl2F3NO. The van der Waals surface area contributed by atoms with Gasteiger partial charge in [0.25, 0.3) is 5.91 Å². The summed E-state index contributed by atoms with van der Waals surface area (Å²) < 4.78 is 37.3. The van der Waals surface area contributed by atoms with E-state index in [2.05, 4.69) is 5.32 Å². The fourth-order valence-corrected chi connectivity index (χ4v) is 2.05. The summed E-state index contributed by atoms with van der Waals surface area (Å²) in [5.74, 6) is -0.562. The highest BCUT2D eigenvalue weighted by molar-refractivity contribution is 6.36. The van der Waals surface area contributed by atoms with Crippen LogP contribution in [0.2, 0.25) is 10.0 Å². The minimum Gasteiger partial charge on any atom is -0.321 e. The number of anilines is 1. The van der Waals surface area contributed by atoms with Crippen molar-refractivity contribution in [3.63, 3.8) is 0 Å². The highest BCUT2D eigenvalue weighted by Gasteiger charge is 2.30. The summed E-state index contributed by atoms with van der Waals surface area (Å²) in [7, 11) is 0. The van der Waals surface area contributed by atoms with Crippen molar-refractivity contribution in [2.24, 2.45) is 0 Å². The molecule has 0 aliphatic heterocycles. The van der Waals surface area contributed by atoms with Crippen LogP contribution in [-0.4, -0.2) is 5.91 Å². The van der Waals surface area contributed by atoms with Gasteiger partial charge >= 0.3 is 6.18 Å². The van der Waals surface area contributed by atoms with Crippen LogP contribution in [0.5, 0.6) is 0 Å². The summed E-state index contributed by atoms with van der Waals surface area (Å²) in [5, 5.41) is 3.15. The average molecular weight is 334 g/mol. The molecule has 0 heterocycles. The van der Waals surface area contributed by atoms with Gasteiger partial charge in [0.1, 0.15) is 0 Å². The van der Waals surface area contributed by atoms with Gasteiger partial charge in [-0.25, -0.2) is 0 Å². The van der Waals surface area contributed by atoms with Crippen LogP contribution in [-0.2, 0) is 6.18 Å². The van der Waals surface area contributed by atoms with Crippen LogP contribution < -0.4 is 5.32 Å². The molecule has 2 aromatic carbocycles. The van der Waals surface area contributed by atoms with E-state index in [0.717, 1.165) is 24.3 Å². The highest BCUT2D eigenvalue weighted by atomic mass is 35.5. The molecule has 110 valence electrons. The van der Waals surface area contributed by atoms with E-state index in [1.54, 1.807) is 0 Å². The van der Waals surface area contributed by atoms with E-state index in [-0.39, 0.29) is 10.6 Å². The van der Waals surface area contributed by atoms with Crippen LogP contribution in [0.25, 0.3) is 0 Å². The van der Waals surface area contributed by atoms with Crippen LogP contribution >= 0.6 is 23.2 Å². The molecule has 7 heteroatoms. The number of carbonyl (C=O) groups is 1. The Bertz CT molecular complexity index is 669. The number of hydrogen-bond acceptors (Lipinski definition) is 1. The first-order chi connectivity index (χ1) is 9.77. The fourth-order valence-electron chi connectivity index (χ4n) is 1.60.